The van der Waals surface area contributed by atoms with Gasteiger partial charge in [0.05, 0.1) is 0 Å². The second kappa shape index (κ2) is 71.7. The molecule has 0 fully saturated rings. The first-order chi connectivity index (χ1) is 32.3. The van der Waals surface area contributed by atoms with Crippen LogP contribution in [0.3, 0.4) is 0 Å². The quantitative estimate of drug-likeness (QED) is 0.0429. The van der Waals surface area contributed by atoms with E-state index in [1.165, 1.54) is 270 Å². The topological polar surface area (TPSA) is 148 Å². The second-order valence-electron chi connectivity index (χ2n) is 19.1. The summed E-state index contributed by atoms with van der Waals surface area (Å²) in [6.07, 6.45) is 63.7. The largest absolute Gasteiger partial charge is 3.00 e. The van der Waals surface area contributed by atoms with Crippen LogP contribution in [0.2, 0.25) is 0 Å². The fourth-order valence-electron chi connectivity index (χ4n) is 8.37. The van der Waals surface area contributed by atoms with E-state index in [-0.39, 0.29) is 40.8 Å². The summed E-state index contributed by atoms with van der Waals surface area (Å²) in [5, 5.41) is 0. The third-order valence-electron chi connectivity index (χ3n) is 12.6. The molecule has 0 saturated carbocycles. The van der Waals surface area contributed by atoms with Gasteiger partial charge in [0.25, 0.3) is 0 Å². The molecule has 0 aliphatic carbocycles. The van der Waals surface area contributed by atoms with Gasteiger partial charge in [0.15, 0.2) is 0 Å². The molecule has 67 heavy (non-hydrogen) atoms. The van der Waals surface area contributed by atoms with Crippen molar-refractivity contribution >= 4 is 24.8 Å². The van der Waals surface area contributed by atoms with E-state index < -0.39 is 24.8 Å². The minimum atomic E-state index is -2.64. The van der Waals surface area contributed by atoms with Crippen LogP contribution in [-0.2, 0) is 27.3 Å². The fraction of sp³-hybridized carbons (Fsp3) is 1.00. The van der Waals surface area contributed by atoms with Gasteiger partial charge in [0, 0.05) is 0 Å². The molecule has 13 heteroatoms. The molecule has 0 aliphatic rings. The Kier molecular flexibility index (Phi) is 80.1. The van der Waals surface area contributed by atoms with Gasteiger partial charge in [-0.1, -0.05) is 310 Å². The zero-order valence-electron chi connectivity index (χ0n) is 44.6. The van der Waals surface area contributed by atoms with Crippen molar-refractivity contribution in [1.82, 2.24) is 0 Å². The molecule has 0 aromatic rings. The van der Waals surface area contributed by atoms with Crippen molar-refractivity contribution in [3.63, 3.8) is 0 Å². The van der Waals surface area contributed by atoms with Crippen molar-refractivity contribution in [2.75, 3.05) is 19.8 Å². The molecule has 9 nitrogen and oxygen atoms in total. The Labute approximate surface area is 452 Å². The predicted molar refractivity (Wildman–Crippen MR) is 279 cm³/mol. The van der Waals surface area contributed by atoms with Gasteiger partial charge in [0.2, 0.25) is 0 Å². The first kappa shape index (κ1) is 74.9. The molecule has 0 aromatic heterocycles. The van der Waals surface area contributed by atoms with Crippen LogP contribution in [0.25, 0.3) is 0 Å². The summed E-state index contributed by atoms with van der Waals surface area (Å²) < 4.78 is 44.1. The third-order valence-corrected chi connectivity index (χ3v) is 13.8. The van der Waals surface area contributed by atoms with E-state index in [4.69, 9.17) is 0 Å². The van der Waals surface area contributed by atoms with Crippen molar-refractivity contribution < 1.29 is 82.8 Å². The van der Waals surface area contributed by atoms with E-state index in [2.05, 4.69) is 34.3 Å². The maximum atomic E-state index is 10.2. The van der Waals surface area contributed by atoms with Gasteiger partial charge >= 0.3 is 65.6 Å². The van der Waals surface area contributed by atoms with E-state index in [1.54, 1.807) is 0 Å². The smallest absolute Gasteiger partial charge is 0.566 e. The normalized spacial score (nSPS) is 11.6. The molecule has 0 heterocycles. The second-order valence-corrected chi connectivity index (χ2v) is 21.2. The summed E-state index contributed by atoms with van der Waals surface area (Å²) in [6, 6.07) is 0. The van der Waals surface area contributed by atoms with Crippen molar-refractivity contribution in [2.45, 2.75) is 329 Å². The zero-order chi connectivity index (χ0) is 48.9. The summed E-state index contributed by atoms with van der Waals surface area (Å²) >= 11 is 0. The maximum Gasteiger partial charge on any atom is 3.00 e. The van der Waals surface area contributed by atoms with Gasteiger partial charge < -0.3 is 14.7 Å². The van der Waals surface area contributed by atoms with E-state index >= 15 is 0 Å². The van der Waals surface area contributed by atoms with Gasteiger partial charge in [-0.3, -0.25) is 0 Å². The first-order valence-corrected chi connectivity index (χ1v) is 31.9. The van der Waals surface area contributed by atoms with E-state index in [9.17, 15) is 28.4 Å². The average molecular weight is 1140 g/mol. The van der Waals surface area contributed by atoms with E-state index in [0.29, 0.717) is 19.8 Å². The van der Waals surface area contributed by atoms with Crippen molar-refractivity contribution in [3.05, 3.63) is 0 Å². The molecule has 0 aromatic carbocycles. The van der Waals surface area contributed by atoms with Crippen LogP contribution in [0.5, 0.6) is 0 Å². The Balaban J connectivity index is -0.000000441. The van der Waals surface area contributed by atoms with Gasteiger partial charge in [-0.2, -0.15) is 0 Å². The molecule has 0 amide bonds. The summed E-state index contributed by atoms with van der Waals surface area (Å²) in [4.78, 5) is 30.5. The molecule has 0 N–H and O–H groups in total. The molecule has 0 rings (SSSR count). The third kappa shape index (κ3) is 84.5. The molecule has 0 bridgehead atoms. The molecule has 3 atom stereocenters. The SMILES string of the molecule is CCCCCCCCCCCCCCCCCCO[P+](=O)[O-].CCCCCCCCCCCCCCCCCCO[P+](=O)[O-].CCCCCCCCCCCCCCCCCCO[P+](=O)[O-].[Nd+3]. The number of hydrogen-bond acceptors (Lipinski definition) is 9. The summed E-state index contributed by atoms with van der Waals surface area (Å²) in [7, 11) is -7.93. The van der Waals surface area contributed by atoms with Crippen LogP contribution in [0.4, 0.5) is 0 Å². The summed E-state index contributed by atoms with van der Waals surface area (Å²) in [5.41, 5.74) is 0. The molecule has 397 valence electrons. The fourth-order valence-corrected chi connectivity index (χ4v) is 9.20. The monoisotopic (exact) mass is 1140 g/mol. The Morgan fingerprint density at radius 1 is 0.224 bits per heavy atom. The first-order valence-electron chi connectivity index (χ1n) is 28.6. The molecule has 0 spiro atoms. The molecule has 0 aliphatic heterocycles. The van der Waals surface area contributed by atoms with E-state index in [1.807, 2.05) is 0 Å². The van der Waals surface area contributed by atoms with Crippen molar-refractivity contribution in [2.24, 2.45) is 0 Å². The Morgan fingerprint density at radius 2 is 0.328 bits per heavy atom. The molecular formula is C54H111NdO9P3+3. The summed E-state index contributed by atoms with van der Waals surface area (Å²) in [5.74, 6) is 0. The molecular weight excluding hydrogens is 1030 g/mol. The van der Waals surface area contributed by atoms with Crippen molar-refractivity contribution in [3.8, 4) is 0 Å². The maximum absolute atomic E-state index is 10.2. The zero-order valence-corrected chi connectivity index (χ0v) is 50.5. The minimum absolute atomic E-state index is 0. The van der Waals surface area contributed by atoms with Gasteiger partial charge in [-0.15, -0.1) is 13.6 Å². The van der Waals surface area contributed by atoms with Crippen LogP contribution >= 0.6 is 24.8 Å². The standard InChI is InChI=1S/3C18H37O3P.Nd/c3*1-2-3-4-5-6-7-8-9-10-11-12-13-14-15-16-17-18-21-22(19)20;/h3*2-18H2,1H3;/q;;;+3. The molecule has 0 saturated heterocycles. The Morgan fingerprint density at radius 3 is 0.433 bits per heavy atom. The minimum Gasteiger partial charge on any atom is -0.566 e. The molecule has 3 unspecified atom stereocenters. The summed E-state index contributed by atoms with van der Waals surface area (Å²) in [6.45, 7) is 7.89. The van der Waals surface area contributed by atoms with Crippen LogP contribution in [0.1, 0.15) is 329 Å². The Hall–Kier alpha value is 1.41. The van der Waals surface area contributed by atoms with Gasteiger partial charge in [-0.05, 0) is 33.0 Å². The number of unbranched alkanes of at least 4 members (excludes halogenated alkanes) is 45. The van der Waals surface area contributed by atoms with Crippen LogP contribution < -0.4 is 14.7 Å². The number of rotatable bonds is 54. The molecule has 1 radical (unpaired) electrons. The predicted octanol–water partition coefficient (Wildman–Crippen LogP) is 18.8. The number of hydrogen-bond donors (Lipinski definition) is 0. The van der Waals surface area contributed by atoms with Crippen LogP contribution in [0.15, 0.2) is 0 Å². The van der Waals surface area contributed by atoms with E-state index in [0.717, 1.165) is 38.5 Å². The average Bonchev–Trinajstić information content (AvgIpc) is 3.29. The van der Waals surface area contributed by atoms with Crippen molar-refractivity contribution in [1.29, 1.82) is 0 Å². The van der Waals surface area contributed by atoms with Crippen LogP contribution in [0, 0.1) is 40.8 Å². The van der Waals surface area contributed by atoms with Crippen LogP contribution in [-0.4, -0.2) is 19.8 Å². The van der Waals surface area contributed by atoms with Gasteiger partial charge in [-0.25, -0.2) is 0 Å². The van der Waals surface area contributed by atoms with Gasteiger partial charge in [0.1, 0.15) is 19.8 Å². The Bertz CT molecular complexity index is 825.